The van der Waals surface area contributed by atoms with Crippen LogP contribution < -0.4 is 0 Å². The van der Waals surface area contributed by atoms with Crippen LogP contribution in [0.2, 0.25) is 0 Å². The fraction of sp³-hybridized carbons (Fsp3) is 0. The van der Waals surface area contributed by atoms with Gasteiger partial charge in [-0.1, -0.05) is 115 Å². The SMILES string of the molecule is N#Cc1c(-c2ccc(-n3c4ccccc4c4ccc5c6ccccc6oc5c43)cc2)cccc1-n1c2ccccc2c2ccc3c4ccccc4sc3c21. The molecular formula is C49H27N3OS. The van der Waals surface area contributed by atoms with E-state index in [2.05, 4.69) is 167 Å². The molecule has 0 saturated heterocycles. The van der Waals surface area contributed by atoms with E-state index in [0.29, 0.717) is 5.56 Å². The third kappa shape index (κ3) is 3.90. The van der Waals surface area contributed by atoms with Gasteiger partial charge in [-0.25, -0.2) is 0 Å². The zero-order valence-corrected chi connectivity index (χ0v) is 29.6. The van der Waals surface area contributed by atoms with Gasteiger partial charge < -0.3 is 13.6 Å². The van der Waals surface area contributed by atoms with E-state index in [1.807, 2.05) is 23.5 Å². The Morgan fingerprint density at radius 1 is 0.481 bits per heavy atom. The van der Waals surface area contributed by atoms with E-state index in [1.54, 1.807) is 0 Å². The summed E-state index contributed by atoms with van der Waals surface area (Å²) in [5.74, 6) is 0. The number of fused-ring (bicyclic) bond motifs is 14. The van der Waals surface area contributed by atoms with E-state index in [9.17, 15) is 5.26 Å². The average molecular weight is 706 g/mol. The highest BCUT2D eigenvalue weighted by molar-refractivity contribution is 7.26. The molecule has 0 N–H and O–H groups in total. The molecule has 54 heavy (non-hydrogen) atoms. The molecule has 4 heterocycles. The second kappa shape index (κ2) is 10.9. The first kappa shape index (κ1) is 29.4. The maximum Gasteiger partial charge on any atom is 0.160 e. The number of aromatic nitrogens is 2. The molecule has 4 aromatic heterocycles. The van der Waals surface area contributed by atoms with Crippen LogP contribution in [0, 0.1) is 11.3 Å². The maximum absolute atomic E-state index is 11.0. The van der Waals surface area contributed by atoms with Crippen molar-refractivity contribution in [1.29, 1.82) is 5.26 Å². The summed E-state index contributed by atoms with van der Waals surface area (Å²) in [7, 11) is 0. The van der Waals surface area contributed by atoms with E-state index in [4.69, 9.17) is 4.42 Å². The van der Waals surface area contributed by atoms with Crippen molar-refractivity contribution in [2.24, 2.45) is 0 Å². The summed E-state index contributed by atoms with van der Waals surface area (Å²) >= 11 is 1.82. The van der Waals surface area contributed by atoms with Crippen molar-refractivity contribution in [3.05, 3.63) is 169 Å². The standard InChI is InChI=1S/C49H27N3OS/c50-28-40-31(14-9-17-43(40)52-42-16-6-2-11-33(42)37-25-27-39-35-13-4-8-19-45(35)54-49(39)47(37)52)29-20-22-30(23-21-29)51-41-15-5-1-10-32(41)36-24-26-38-34-12-3-7-18-44(34)53-48(38)46(36)51/h1-27H. The minimum atomic E-state index is 0.645. The van der Waals surface area contributed by atoms with Crippen molar-refractivity contribution in [2.45, 2.75) is 0 Å². The summed E-state index contributed by atoms with van der Waals surface area (Å²) < 4.78 is 13.7. The van der Waals surface area contributed by atoms with Crippen molar-refractivity contribution < 1.29 is 4.42 Å². The summed E-state index contributed by atoms with van der Waals surface area (Å²) in [5.41, 5.74) is 10.6. The molecular weight excluding hydrogens is 679 g/mol. The molecule has 0 atom stereocenters. The smallest absolute Gasteiger partial charge is 0.160 e. The number of benzene rings is 8. The molecule has 0 aliphatic heterocycles. The lowest BCUT2D eigenvalue weighted by atomic mass is 9.98. The highest BCUT2D eigenvalue weighted by Gasteiger charge is 2.22. The highest BCUT2D eigenvalue weighted by Crippen LogP contribution is 2.45. The fourth-order valence-electron chi connectivity index (χ4n) is 8.85. The number of para-hydroxylation sites is 3. The quantitative estimate of drug-likeness (QED) is 0.184. The number of furan rings is 1. The molecule has 0 unspecified atom stereocenters. The van der Waals surface area contributed by atoms with Gasteiger partial charge in [0.2, 0.25) is 0 Å². The minimum Gasteiger partial charge on any atom is -0.454 e. The molecule has 0 amide bonds. The number of rotatable bonds is 3. The van der Waals surface area contributed by atoms with Crippen molar-refractivity contribution in [1.82, 2.24) is 9.13 Å². The topological polar surface area (TPSA) is 46.8 Å². The van der Waals surface area contributed by atoms with Gasteiger partial charge in [0.05, 0.1) is 38.0 Å². The summed E-state index contributed by atoms with van der Waals surface area (Å²) in [5, 5.41) is 20.4. The first-order valence-electron chi connectivity index (χ1n) is 18.1. The lowest BCUT2D eigenvalue weighted by Crippen LogP contribution is -2.00. The molecule has 0 spiro atoms. The maximum atomic E-state index is 11.0. The predicted octanol–water partition coefficient (Wildman–Crippen LogP) is 13.7. The van der Waals surface area contributed by atoms with Crippen LogP contribution in [-0.4, -0.2) is 9.13 Å². The monoisotopic (exact) mass is 705 g/mol. The number of nitrogens with zero attached hydrogens (tertiary/aromatic N) is 3. The number of hydrogen-bond donors (Lipinski definition) is 0. The third-order valence-corrected chi connectivity index (χ3v) is 12.4. The fourth-order valence-corrected chi connectivity index (χ4v) is 10.1. The van der Waals surface area contributed by atoms with Gasteiger partial charge in [-0.05, 0) is 54.1 Å². The molecule has 8 aromatic carbocycles. The zero-order chi connectivity index (χ0) is 35.5. The molecule has 0 saturated carbocycles. The second-order valence-corrected chi connectivity index (χ2v) is 15.0. The Hall–Kier alpha value is -7.13. The molecule has 5 heteroatoms. The number of hydrogen-bond acceptors (Lipinski definition) is 3. The molecule has 4 nitrogen and oxygen atoms in total. The Bertz CT molecular complexity index is 3570. The highest BCUT2D eigenvalue weighted by atomic mass is 32.1. The minimum absolute atomic E-state index is 0.645. The largest absolute Gasteiger partial charge is 0.454 e. The number of thiophene rings is 1. The second-order valence-electron chi connectivity index (χ2n) is 13.9. The Morgan fingerprint density at radius 2 is 1.11 bits per heavy atom. The average Bonchev–Trinajstić information content (AvgIpc) is 3.98. The first-order chi connectivity index (χ1) is 26.8. The molecule has 0 fully saturated rings. The molecule has 0 aliphatic rings. The van der Waals surface area contributed by atoms with Crippen molar-refractivity contribution in [3.8, 4) is 28.6 Å². The molecule has 0 aliphatic carbocycles. The Kier molecular flexibility index (Phi) is 5.97. The van der Waals surface area contributed by atoms with E-state index in [-0.39, 0.29) is 0 Å². The van der Waals surface area contributed by atoms with Crippen molar-refractivity contribution >= 4 is 97.1 Å². The van der Waals surface area contributed by atoms with Crippen molar-refractivity contribution in [2.75, 3.05) is 0 Å². The molecule has 0 radical (unpaired) electrons. The Balaban J connectivity index is 1.07. The van der Waals surface area contributed by atoms with E-state index in [0.717, 1.165) is 71.9 Å². The molecule has 0 bridgehead atoms. The van der Waals surface area contributed by atoms with Gasteiger partial charge in [-0.2, -0.15) is 5.26 Å². The van der Waals surface area contributed by atoms with Crippen LogP contribution in [0.25, 0.3) is 108 Å². The van der Waals surface area contributed by atoms with E-state index >= 15 is 0 Å². The van der Waals surface area contributed by atoms with Crippen LogP contribution in [0.1, 0.15) is 5.56 Å². The van der Waals surface area contributed by atoms with E-state index in [1.165, 1.54) is 36.3 Å². The summed E-state index contributed by atoms with van der Waals surface area (Å²) in [6.45, 7) is 0. The van der Waals surface area contributed by atoms with Gasteiger partial charge in [-0.3, -0.25) is 0 Å². The first-order valence-corrected chi connectivity index (χ1v) is 18.9. The van der Waals surface area contributed by atoms with Gasteiger partial charge in [0.15, 0.2) is 5.58 Å². The van der Waals surface area contributed by atoms with Crippen LogP contribution in [0.3, 0.4) is 0 Å². The zero-order valence-electron chi connectivity index (χ0n) is 28.7. The molecule has 12 rings (SSSR count). The molecule has 250 valence electrons. The lowest BCUT2D eigenvalue weighted by molar-refractivity contribution is 0.671. The Labute approximate surface area is 312 Å². The van der Waals surface area contributed by atoms with Gasteiger partial charge in [0.25, 0.3) is 0 Å². The van der Waals surface area contributed by atoms with E-state index < -0.39 is 0 Å². The predicted molar refractivity (Wildman–Crippen MR) is 225 cm³/mol. The van der Waals surface area contributed by atoms with Gasteiger partial charge in [0, 0.05) is 59.0 Å². The normalized spacial score (nSPS) is 12.1. The van der Waals surface area contributed by atoms with Crippen LogP contribution >= 0.6 is 11.3 Å². The summed E-state index contributed by atoms with van der Waals surface area (Å²) in [6, 6.07) is 60.3. The third-order valence-electron chi connectivity index (χ3n) is 11.2. The summed E-state index contributed by atoms with van der Waals surface area (Å²) in [6.07, 6.45) is 0. The van der Waals surface area contributed by atoms with Crippen LogP contribution in [0.15, 0.2) is 168 Å². The van der Waals surface area contributed by atoms with Gasteiger partial charge in [-0.15, -0.1) is 11.3 Å². The van der Waals surface area contributed by atoms with Gasteiger partial charge >= 0.3 is 0 Å². The summed E-state index contributed by atoms with van der Waals surface area (Å²) in [4.78, 5) is 0. The van der Waals surface area contributed by atoms with Gasteiger partial charge in [0.1, 0.15) is 11.7 Å². The van der Waals surface area contributed by atoms with Crippen LogP contribution in [-0.2, 0) is 0 Å². The lowest BCUT2D eigenvalue weighted by Gasteiger charge is -2.15. The van der Waals surface area contributed by atoms with Crippen molar-refractivity contribution in [3.63, 3.8) is 0 Å². The van der Waals surface area contributed by atoms with Crippen LogP contribution in [0.5, 0.6) is 0 Å². The molecule has 12 aromatic rings. The Morgan fingerprint density at radius 3 is 1.89 bits per heavy atom. The number of nitriles is 1. The van der Waals surface area contributed by atoms with Crippen LogP contribution in [0.4, 0.5) is 0 Å².